The van der Waals surface area contributed by atoms with Crippen LogP contribution in [0.15, 0.2) is 29.1 Å². The second-order valence-electron chi connectivity index (χ2n) is 10.0. The van der Waals surface area contributed by atoms with Crippen molar-refractivity contribution in [1.29, 1.82) is 5.26 Å². The third-order valence-electron chi connectivity index (χ3n) is 6.51. The number of aromatic nitrogens is 1. The van der Waals surface area contributed by atoms with E-state index in [2.05, 4.69) is 24.1 Å². The maximum absolute atomic E-state index is 13.0. The van der Waals surface area contributed by atoms with Crippen molar-refractivity contribution in [2.75, 3.05) is 43.4 Å². The molecule has 0 aliphatic carbocycles. The molecule has 2 unspecified atom stereocenters. The molecule has 0 saturated carbocycles. The molecule has 1 aliphatic rings. The number of rotatable bonds is 8. The average Bonchev–Trinajstić information content (AvgIpc) is 3.20. The van der Waals surface area contributed by atoms with Crippen molar-refractivity contribution in [3.63, 3.8) is 0 Å². The molecule has 1 aliphatic heterocycles. The fraction of sp³-hybridized carbons (Fsp3) is 0.481. The smallest absolute Gasteiger partial charge is 0.360 e. The standard InChI is InChI=1S/C27H33F3N6O3S/c1-5-36-25(39)22(40-26(36)21(11-31)24(38)33-16-27(28,29)30)12-32-19-7-6-8-20(10-19)34(4)23(37)15-35-13-17(2)9-18(3)14-35/h6-8,10,12,17-18,32H,5,9,13-16H2,1-4H3,(H,33,38). The molecule has 2 N–H and O–H groups in total. The van der Waals surface area contributed by atoms with Gasteiger partial charge in [-0.05, 0) is 43.4 Å². The lowest BCUT2D eigenvalue weighted by molar-refractivity contribution is -0.135. The number of likely N-dealkylation sites (N-methyl/N-ethyl adjacent to an activating group) is 1. The van der Waals surface area contributed by atoms with Gasteiger partial charge in [-0.25, -0.2) is 0 Å². The number of nitrogens with zero attached hydrogens (tertiary/aromatic N) is 4. The van der Waals surface area contributed by atoms with Gasteiger partial charge in [-0.2, -0.15) is 18.4 Å². The lowest BCUT2D eigenvalue weighted by atomic mass is 9.92. The Morgan fingerprint density at radius 2 is 1.93 bits per heavy atom. The van der Waals surface area contributed by atoms with E-state index in [0.717, 1.165) is 35.4 Å². The number of benzene rings is 1. The first-order valence-electron chi connectivity index (χ1n) is 12.9. The number of likely N-dealkylation sites (tertiary alicyclic amines) is 1. The predicted molar refractivity (Wildman–Crippen MR) is 149 cm³/mol. The fourth-order valence-electron chi connectivity index (χ4n) is 4.77. The summed E-state index contributed by atoms with van der Waals surface area (Å²) in [7, 11) is 1.70. The molecule has 0 radical (unpaired) electrons. The largest absolute Gasteiger partial charge is 0.405 e. The van der Waals surface area contributed by atoms with Crippen molar-refractivity contribution in [2.45, 2.75) is 39.9 Å². The summed E-state index contributed by atoms with van der Waals surface area (Å²) >= 11 is 0.820. The number of halogens is 3. The summed E-state index contributed by atoms with van der Waals surface area (Å²) < 4.78 is 38.8. The van der Waals surface area contributed by atoms with E-state index in [1.165, 1.54) is 6.20 Å². The first kappa shape index (κ1) is 30.9. The molecular weight excluding hydrogens is 545 g/mol. The fourth-order valence-corrected chi connectivity index (χ4v) is 5.86. The molecule has 1 aromatic heterocycles. The molecule has 1 fully saturated rings. The van der Waals surface area contributed by atoms with Crippen molar-refractivity contribution in [3.8, 4) is 6.07 Å². The first-order chi connectivity index (χ1) is 18.8. The number of thiazole rings is 1. The number of hydrogen-bond donors (Lipinski definition) is 2. The number of carbonyl (C=O) groups is 2. The molecule has 1 saturated heterocycles. The van der Waals surface area contributed by atoms with Gasteiger partial charge in [0, 0.05) is 44.3 Å². The van der Waals surface area contributed by atoms with Crippen molar-refractivity contribution in [2.24, 2.45) is 11.8 Å². The van der Waals surface area contributed by atoms with Crippen LogP contribution >= 0.6 is 11.3 Å². The van der Waals surface area contributed by atoms with Gasteiger partial charge in [-0.1, -0.05) is 19.9 Å². The predicted octanol–water partition coefficient (Wildman–Crippen LogP) is 2.07. The summed E-state index contributed by atoms with van der Waals surface area (Å²) in [5.74, 6) is -0.177. The van der Waals surface area contributed by atoms with E-state index in [9.17, 15) is 32.8 Å². The van der Waals surface area contributed by atoms with E-state index >= 15 is 0 Å². The number of hydrogen-bond acceptors (Lipinski definition) is 7. The van der Waals surface area contributed by atoms with Crippen LogP contribution in [0, 0.1) is 23.2 Å². The number of nitriles is 1. The van der Waals surface area contributed by atoms with Crippen molar-refractivity contribution >= 4 is 46.3 Å². The van der Waals surface area contributed by atoms with Crippen LogP contribution in [0.2, 0.25) is 0 Å². The van der Waals surface area contributed by atoms with Gasteiger partial charge in [-0.3, -0.25) is 23.9 Å². The Bertz CT molecular complexity index is 1450. The average molecular weight is 579 g/mol. The van der Waals surface area contributed by atoms with Gasteiger partial charge >= 0.3 is 6.18 Å². The molecule has 2 atom stereocenters. The zero-order valence-corrected chi connectivity index (χ0v) is 23.7. The van der Waals surface area contributed by atoms with Crippen LogP contribution in [0.5, 0.6) is 0 Å². The van der Waals surface area contributed by atoms with Crippen LogP contribution in [0.25, 0.3) is 11.8 Å². The van der Waals surface area contributed by atoms with E-state index in [1.54, 1.807) is 54.5 Å². The Kier molecular flexibility index (Phi) is 10.2. The maximum atomic E-state index is 13.0. The summed E-state index contributed by atoms with van der Waals surface area (Å²) in [6, 6.07) is 8.68. The van der Waals surface area contributed by atoms with Gasteiger partial charge in [0.2, 0.25) is 5.91 Å². The van der Waals surface area contributed by atoms with Gasteiger partial charge < -0.3 is 15.5 Å². The number of carbonyl (C=O) groups excluding carboxylic acids is 2. The van der Waals surface area contributed by atoms with Crippen LogP contribution in [0.1, 0.15) is 27.2 Å². The summed E-state index contributed by atoms with van der Waals surface area (Å²) in [6.45, 7) is 6.60. The molecule has 40 heavy (non-hydrogen) atoms. The highest BCUT2D eigenvalue weighted by molar-refractivity contribution is 7.07. The molecule has 3 rings (SSSR count). The zero-order chi connectivity index (χ0) is 29.6. The third-order valence-corrected chi connectivity index (χ3v) is 7.64. The van der Waals surface area contributed by atoms with Crippen molar-refractivity contribution in [3.05, 3.63) is 43.8 Å². The van der Waals surface area contributed by atoms with Crippen LogP contribution in [-0.4, -0.2) is 60.7 Å². The Balaban J connectivity index is 1.82. The second kappa shape index (κ2) is 13.1. The highest BCUT2D eigenvalue weighted by Crippen LogP contribution is 2.22. The molecule has 216 valence electrons. The van der Waals surface area contributed by atoms with Gasteiger partial charge in [0.15, 0.2) is 5.57 Å². The summed E-state index contributed by atoms with van der Waals surface area (Å²) in [5.41, 5.74) is 0.162. The van der Waals surface area contributed by atoms with E-state index in [-0.39, 0.29) is 21.6 Å². The van der Waals surface area contributed by atoms with Crippen LogP contribution in [0.3, 0.4) is 0 Å². The minimum Gasteiger partial charge on any atom is -0.360 e. The Morgan fingerprint density at radius 1 is 1.25 bits per heavy atom. The van der Waals surface area contributed by atoms with Crippen molar-refractivity contribution in [1.82, 2.24) is 14.8 Å². The normalized spacial score (nSPS) is 19.1. The van der Waals surface area contributed by atoms with E-state index in [4.69, 9.17) is 0 Å². The van der Waals surface area contributed by atoms with E-state index < -0.39 is 29.8 Å². The van der Waals surface area contributed by atoms with Crippen LogP contribution in [-0.2, 0) is 16.1 Å². The van der Waals surface area contributed by atoms with Gasteiger partial charge in [-0.15, -0.1) is 11.3 Å². The molecule has 2 amide bonds. The van der Waals surface area contributed by atoms with E-state index in [0.29, 0.717) is 29.8 Å². The lowest BCUT2D eigenvalue weighted by Crippen LogP contribution is -2.45. The number of alkyl halides is 3. The van der Waals surface area contributed by atoms with Crippen LogP contribution < -0.4 is 30.3 Å². The minimum absolute atomic E-state index is 0.0387. The topological polar surface area (TPSA) is 110 Å². The SMILES string of the molecule is CCn1c(=C(C#N)C(=O)NCC(F)(F)F)sc(=CNc2cccc(N(C)C(=O)CN3CC(C)CC(C)C3)c2)c1=O. The highest BCUT2D eigenvalue weighted by Gasteiger charge is 2.29. The molecule has 9 nitrogen and oxygen atoms in total. The first-order valence-corrected chi connectivity index (χ1v) is 13.7. The highest BCUT2D eigenvalue weighted by atomic mass is 32.1. The third kappa shape index (κ3) is 7.95. The van der Waals surface area contributed by atoms with Crippen molar-refractivity contribution < 1.29 is 22.8 Å². The molecule has 13 heteroatoms. The molecule has 0 spiro atoms. The number of nitrogens with one attached hydrogen (secondary N) is 2. The number of amides is 2. The zero-order valence-electron chi connectivity index (χ0n) is 22.8. The van der Waals surface area contributed by atoms with Crippen LogP contribution in [0.4, 0.5) is 24.5 Å². The lowest BCUT2D eigenvalue weighted by Gasteiger charge is -2.35. The molecular formula is C27H33F3N6O3S. The Morgan fingerprint density at radius 3 is 2.52 bits per heavy atom. The second-order valence-corrected chi connectivity index (χ2v) is 11.1. The Labute approximate surface area is 234 Å². The van der Waals surface area contributed by atoms with E-state index in [1.807, 2.05) is 0 Å². The monoisotopic (exact) mass is 578 g/mol. The van der Waals surface area contributed by atoms with Gasteiger partial charge in [0.1, 0.15) is 21.8 Å². The minimum atomic E-state index is -4.64. The molecule has 0 bridgehead atoms. The molecule has 1 aromatic carbocycles. The number of anilines is 2. The van der Waals surface area contributed by atoms with Gasteiger partial charge in [0.25, 0.3) is 11.5 Å². The Hall–Kier alpha value is -3.63. The van der Waals surface area contributed by atoms with Gasteiger partial charge in [0.05, 0.1) is 6.54 Å². The molecule has 2 aromatic rings. The molecule has 2 heterocycles. The summed E-state index contributed by atoms with van der Waals surface area (Å²) in [6.07, 6.45) is -2.08. The summed E-state index contributed by atoms with van der Waals surface area (Å²) in [5, 5.41) is 14.1. The maximum Gasteiger partial charge on any atom is 0.405 e. The quantitative estimate of drug-likeness (QED) is 0.497. The number of piperidine rings is 1. The summed E-state index contributed by atoms with van der Waals surface area (Å²) in [4.78, 5) is 41.9.